The normalized spacial score (nSPS) is 17.2. The van der Waals surface area contributed by atoms with Crippen LogP contribution in [0.3, 0.4) is 0 Å². The van der Waals surface area contributed by atoms with Crippen LogP contribution in [0.1, 0.15) is 137 Å². The van der Waals surface area contributed by atoms with Crippen molar-refractivity contribution in [2.75, 3.05) is 13.2 Å². The minimum absolute atomic E-state index is 0.480. The third-order valence-electron chi connectivity index (χ3n) is 8.27. The van der Waals surface area contributed by atoms with Gasteiger partial charge in [-0.05, 0) is 71.0 Å². The van der Waals surface area contributed by atoms with Crippen LogP contribution in [0, 0.1) is 58.2 Å². The van der Waals surface area contributed by atoms with Gasteiger partial charge in [-0.3, -0.25) is 0 Å². The summed E-state index contributed by atoms with van der Waals surface area (Å²) in [5.74, 6) is 6.74. The average Bonchev–Trinajstić information content (AvgIpc) is 2.67. The molecule has 204 valence electrons. The highest BCUT2D eigenvalue weighted by Gasteiger charge is 2.22. The Hall–Kier alpha value is -0.0400. The maximum Gasteiger partial charge on any atom is 0.0468 e. The van der Waals surface area contributed by atoms with Crippen molar-refractivity contribution in [3.63, 3.8) is 0 Å². The molecule has 0 aromatic rings. The van der Waals surface area contributed by atoms with Crippen molar-refractivity contribution >= 4 is 0 Å². The lowest BCUT2D eigenvalue weighted by Crippen LogP contribution is -2.21. The van der Waals surface area contributed by atoms with Crippen molar-refractivity contribution in [1.29, 1.82) is 0 Å². The molecule has 0 radical (unpaired) electrons. The molecule has 33 heavy (non-hydrogen) atoms. The van der Waals surface area contributed by atoms with E-state index in [-0.39, 0.29) is 0 Å². The summed E-state index contributed by atoms with van der Waals surface area (Å²) in [6.45, 7) is 43.2. The molecule has 1 rings (SSSR count). The van der Waals surface area contributed by atoms with Gasteiger partial charge in [0.2, 0.25) is 0 Å². The van der Waals surface area contributed by atoms with Gasteiger partial charge in [0, 0.05) is 13.2 Å². The Kier molecular flexibility index (Phi) is 20.8. The van der Waals surface area contributed by atoms with Gasteiger partial charge >= 0.3 is 0 Å². The smallest absolute Gasteiger partial charge is 0.0468 e. The Balaban J connectivity index is -0.000000368. The van der Waals surface area contributed by atoms with E-state index in [1.807, 2.05) is 0 Å². The predicted molar refractivity (Wildman–Crippen MR) is 155 cm³/mol. The summed E-state index contributed by atoms with van der Waals surface area (Å²) in [4.78, 5) is 0. The van der Waals surface area contributed by atoms with E-state index in [1.54, 1.807) is 0 Å². The highest BCUT2D eigenvalue weighted by Crippen LogP contribution is 2.31. The van der Waals surface area contributed by atoms with Crippen LogP contribution in [0.4, 0.5) is 0 Å². The molecule has 0 aromatic carbocycles. The molecule has 0 aliphatic carbocycles. The lowest BCUT2D eigenvalue weighted by molar-refractivity contribution is 0.0523. The third-order valence-corrected chi connectivity index (χ3v) is 8.27. The Morgan fingerprint density at radius 3 is 0.848 bits per heavy atom. The van der Waals surface area contributed by atoms with Crippen LogP contribution >= 0.6 is 0 Å². The van der Waals surface area contributed by atoms with Gasteiger partial charge in [0.05, 0.1) is 0 Å². The standard InChI is InChI=1S/2C9H20.C8H16O.C6H14/c2*1-7(2)8(3)9(4,5)6;1-7(2)8-3-5-9-6-4-8;1-5(2)6(3)4/h2*7-8H,1-6H3;7-8H,3-6H2,1-2H3;5-6H,1-4H3/t2*8-;;/m10../s1. The molecule has 0 bridgehead atoms. The average molecular weight is 471 g/mol. The second-order valence-electron chi connectivity index (χ2n) is 14.5. The van der Waals surface area contributed by atoms with Crippen molar-refractivity contribution in [3.8, 4) is 0 Å². The first-order chi connectivity index (χ1) is 14.7. The lowest BCUT2D eigenvalue weighted by atomic mass is 9.76. The molecule has 2 atom stereocenters. The van der Waals surface area contributed by atoms with E-state index in [0.29, 0.717) is 10.8 Å². The number of hydrogen-bond donors (Lipinski definition) is 0. The van der Waals surface area contributed by atoms with Gasteiger partial charge in [-0.15, -0.1) is 0 Å². The molecule has 1 saturated heterocycles. The van der Waals surface area contributed by atoms with E-state index in [4.69, 9.17) is 4.74 Å². The molecular formula is C32H70O. The molecule has 1 aliphatic heterocycles. The maximum atomic E-state index is 5.25. The predicted octanol–water partition coefficient (Wildman–Crippen LogP) is 11.0. The summed E-state index contributed by atoms with van der Waals surface area (Å²) in [7, 11) is 0. The van der Waals surface area contributed by atoms with Gasteiger partial charge in [0.25, 0.3) is 0 Å². The van der Waals surface area contributed by atoms with E-state index in [9.17, 15) is 0 Å². The fourth-order valence-electron chi connectivity index (χ4n) is 3.38. The molecule has 0 unspecified atom stereocenters. The largest absolute Gasteiger partial charge is 0.381 e. The van der Waals surface area contributed by atoms with Crippen LogP contribution in [-0.2, 0) is 4.74 Å². The van der Waals surface area contributed by atoms with Crippen LogP contribution in [0.5, 0.6) is 0 Å². The van der Waals surface area contributed by atoms with Crippen molar-refractivity contribution in [1.82, 2.24) is 0 Å². The van der Waals surface area contributed by atoms with Gasteiger partial charge in [-0.25, -0.2) is 0 Å². The summed E-state index contributed by atoms with van der Waals surface area (Å²) in [6, 6.07) is 0. The zero-order valence-corrected chi connectivity index (χ0v) is 26.9. The van der Waals surface area contributed by atoms with E-state index in [1.165, 1.54) is 12.8 Å². The molecule has 1 heteroatoms. The quantitative estimate of drug-likeness (QED) is 0.397. The Morgan fingerprint density at radius 1 is 0.485 bits per heavy atom. The Morgan fingerprint density at radius 2 is 0.758 bits per heavy atom. The Bertz CT molecular complexity index is 381. The molecule has 1 heterocycles. The topological polar surface area (TPSA) is 9.23 Å². The zero-order chi connectivity index (χ0) is 27.2. The number of hydrogen-bond acceptors (Lipinski definition) is 1. The maximum absolute atomic E-state index is 5.25. The van der Waals surface area contributed by atoms with E-state index < -0.39 is 0 Å². The second-order valence-corrected chi connectivity index (χ2v) is 14.5. The molecular weight excluding hydrogens is 400 g/mol. The van der Waals surface area contributed by atoms with E-state index in [0.717, 1.165) is 60.6 Å². The van der Waals surface area contributed by atoms with Crippen molar-refractivity contribution in [2.45, 2.75) is 137 Å². The van der Waals surface area contributed by atoms with Crippen LogP contribution in [-0.4, -0.2) is 13.2 Å². The minimum Gasteiger partial charge on any atom is -0.381 e. The molecule has 0 N–H and O–H groups in total. The lowest BCUT2D eigenvalue weighted by Gasteiger charge is -2.30. The molecule has 1 nitrogen and oxygen atoms in total. The fourth-order valence-corrected chi connectivity index (χ4v) is 3.38. The van der Waals surface area contributed by atoms with Crippen molar-refractivity contribution < 1.29 is 4.74 Å². The summed E-state index contributed by atoms with van der Waals surface area (Å²) in [6.07, 6.45) is 2.55. The van der Waals surface area contributed by atoms with E-state index >= 15 is 0 Å². The van der Waals surface area contributed by atoms with Gasteiger partial charge in [-0.2, -0.15) is 0 Å². The van der Waals surface area contributed by atoms with Gasteiger partial charge in [-0.1, -0.05) is 125 Å². The SMILES string of the molecule is CC(C)C(C)C.CC(C)C1CCOCC1.CC(C)[C@@H](C)C(C)(C)C.CC(C)[C@H](C)C(C)(C)C. The highest BCUT2D eigenvalue weighted by atomic mass is 16.5. The third kappa shape index (κ3) is 22.2. The van der Waals surface area contributed by atoms with Crippen LogP contribution < -0.4 is 0 Å². The van der Waals surface area contributed by atoms with Gasteiger partial charge < -0.3 is 4.74 Å². The summed E-state index contributed by atoms with van der Waals surface area (Å²) in [5.41, 5.74) is 0.961. The molecule has 0 saturated carbocycles. The molecule has 1 aliphatic rings. The van der Waals surface area contributed by atoms with Crippen molar-refractivity contribution in [3.05, 3.63) is 0 Å². The van der Waals surface area contributed by atoms with E-state index in [2.05, 4.69) is 125 Å². The first-order valence-corrected chi connectivity index (χ1v) is 14.2. The fraction of sp³-hybridized carbons (Fsp3) is 1.00. The molecule has 0 amide bonds. The first kappa shape index (κ1) is 37.5. The minimum atomic E-state index is 0.480. The van der Waals surface area contributed by atoms with Crippen LogP contribution in [0.15, 0.2) is 0 Å². The van der Waals surface area contributed by atoms with Crippen molar-refractivity contribution in [2.24, 2.45) is 58.2 Å². The monoisotopic (exact) mass is 471 g/mol. The first-order valence-electron chi connectivity index (χ1n) is 14.2. The van der Waals surface area contributed by atoms with Gasteiger partial charge in [0.15, 0.2) is 0 Å². The summed E-state index contributed by atoms with van der Waals surface area (Å²) >= 11 is 0. The Labute approximate surface area is 213 Å². The van der Waals surface area contributed by atoms with Crippen LogP contribution in [0.25, 0.3) is 0 Å². The van der Waals surface area contributed by atoms with Crippen LogP contribution in [0.2, 0.25) is 0 Å². The highest BCUT2D eigenvalue weighted by molar-refractivity contribution is 4.72. The molecule has 1 fully saturated rings. The summed E-state index contributed by atoms with van der Waals surface area (Å²) in [5, 5.41) is 0. The zero-order valence-electron chi connectivity index (χ0n) is 26.9. The second kappa shape index (κ2) is 18.3. The van der Waals surface area contributed by atoms with Gasteiger partial charge in [0.1, 0.15) is 0 Å². The summed E-state index contributed by atoms with van der Waals surface area (Å²) < 4.78 is 5.25. The number of ether oxygens (including phenoxy) is 1. The molecule has 0 spiro atoms. The molecule has 0 aromatic heterocycles. The number of rotatable bonds is 4.